The van der Waals surface area contributed by atoms with E-state index in [2.05, 4.69) is 10.4 Å². The SMILES string of the molecule is O=C(NCCc1ccc(Cl)cc1Cl)c1cc2n(n1)CCN(CC1CC1)C2=O. The van der Waals surface area contributed by atoms with Crippen molar-refractivity contribution in [2.75, 3.05) is 19.6 Å². The lowest BCUT2D eigenvalue weighted by Gasteiger charge is -2.27. The van der Waals surface area contributed by atoms with Crippen LogP contribution >= 0.6 is 23.2 Å². The van der Waals surface area contributed by atoms with Crippen LogP contribution in [-0.4, -0.2) is 46.1 Å². The largest absolute Gasteiger partial charge is 0.350 e. The van der Waals surface area contributed by atoms with Crippen molar-refractivity contribution in [3.05, 3.63) is 51.3 Å². The molecule has 142 valence electrons. The summed E-state index contributed by atoms with van der Waals surface area (Å²) in [5.74, 6) is 0.321. The van der Waals surface area contributed by atoms with Crippen molar-refractivity contribution in [3.8, 4) is 0 Å². The van der Waals surface area contributed by atoms with Gasteiger partial charge in [-0.15, -0.1) is 0 Å². The van der Waals surface area contributed by atoms with Gasteiger partial charge in [0.15, 0.2) is 5.69 Å². The Morgan fingerprint density at radius 2 is 2.04 bits per heavy atom. The van der Waals surface area contributed by atoms with Crippen molar-refractivity contribution in [3.63, 3.8) is 0 Å². The standard InChI is InChI=1S/C19H20Cl2N4O2/c20-14-4-3-13(15(21)9-14)5-6-22-18(26)16-10-17-19(27)24(11-12-1-2-12)7-8-25(17)23-16/h3-4,9-10,12H,1-2,5-8,11H2,(H,22,26). The fourth-order valence-corrected chi connectivity index (χ4v) is 3.76. The lowest BCUT2D eigenvalue weighted by Crippen LogP contribution is -2.41. The lowest BCUT2D eigenvalue weighted by atomic mass is 10.1. The summed E-state index contributed by atoms with van der Waals surface area (Å²) in [5.41, 5.74) is 1.68. The Kier molecular flexibility index (Phi) is 5.10. The number of hydrogen-bond donors (Lipinski definition) is 1. The van der Waals surface area contributed by atoms with Crippen LogP contribution in [0.3, 0.4) is 0 Å². The van der Waals surface area contributed by atoms with Gasteiger partial charge in [-0.1, -0.05) is 29.3 Å². The Bertz CT molecular complexity index is 892. The molecular formula is C19H20Cl2N4O2. The molecule has 1 aliphatic heterocycles. The predicted octanol–water partition coefficient (Wildman–Crippen LogP) is 3.03. The van der Waals surface area contributed by atoms with E-state index in [0.29, 0.717) is 47.7 Å². The summed E-state index contributed by atoms with van der Waals surface area (Å²) in [7, 11) is 0. The summed E-state index contributed by atoms with van der Waals surface area (Å²) >= 11 is 12.0. The van der Waals surface area contributed by atoms with E-state index in [0.717, 1.165) is 12.1 Å². The second kappa shape index (κ2) is 7.52. The number of aromatic nitrogens is 2. The number of halogens is 2. The monoisotopic (exact) mass is 406 g/mol. The molecule has 1 saturated carbocycles. The molecule has 1 aromatic heterocycles. The molecule has 1 aliphatic carbocycles. The topological polar surface area (TPSA) is 67.2 Å². The highest BCUT2D eigenvalue weighted by molar-refractivity contribution is 6.35. The number of carbonyl (C=O) groups excluding carboxylic acids is 2. The number of nitrogens with zero attached hydrogens (tertiary/aromatic N) is 3. The van der Waals surface area contributed by atoms with Gasteiger partial charge in [-0.2, -0.15) is 5.10 Å². The third kappa shape index (κ3) is 4.12. The van der Waals surface area contributed by atoms with Gasteiger partial charge in [0.1, 0.15) is 5.69 Å². The molecule has 27 heavy (non-hydrogen) atoms. The number of rotatable bonds is 6. The molecule has 1 N–H and O–H groups in total. The van der Waals surface area contributed by atoms with Crippen LogP contribution in [0.2, 0.25) is 10.0 Å². The molecule has 0 unspecified atom stereocenters. The molecule has 0 spiro atoms. The molecule has 0 atom stereocenters. The van der Waals surface area contributed by atoms with Crippen molar-refractivity contribution >= 4 is 35.0 Å². The van der Waals surface area contributed by atoms with Crippen molar-refractivity contribution < 1.29 is 9.59 Å². The quantitative estimate of drug-likeness (QED) is 0.801. The maximum atomic E-state index is 12.6. The Balaban J connectivity index is 1.36. The highest BCUT2D eigenvalue weighted by Crippen LogP contribution is 2.30. The predicted molar refractivity (Wildman–Crippen MR) is 103 cm³/mol. The molecule has 2 aromatic rings. The van der Waals surface area contributed by atoms with Crippen molar-refractivity contribution in [2.24, 2.45) is 5.92 Å². The molecule has 6 nitrogen and oxygen atoms in total. The number of hydrogen-bond acceptors (Lipinski definition) is 3. The first kappa shape index (κ1) is 18.3. The zero-order valence-corrected chi connectivity index (χ0v) is 16.3. The van der Waals surface area contributed by atoms with E-state index in [1.54, 1.807) is 22.9 Å². The fraction of sp³-hybridized carbons (Fsp3) is 0.421. The maximum absolute atomic E-state index is 12.6. The van der Waals surface area contributed by atoms with Crippen LogP contribution < -0.4 is 5.32 Å². The van der Waals surface area contributed by atoms with Gasteiger partial charge in [-0.3, -0.25) is 14.3 Å². The van der Waals surface area contributed by atoms with Gasteiger partial charge in [0, 0.05) is 35.7 Å². The maximum Gasteiger partial charge on any atom is 0.272 e. The van der Waals surface area contributed by atoms with Crippen LogP contribution in [0.15, 0.2) is 24.3 Å². The Hall–Kier alpha value is -2.05. The molecule has 0 bridgehead atoms. The minimum absolute atomic E-state index is 0.0346. The molecule has 2 aliphatic rings. The first-order chi connectivity index (χ1) is 13.0. The van der Waals surface area contributed by atoms with E-state index in [-0.39, 0.29) is 17.5 Å². The highest BCUT2D eigenvalue weighted by Gasteiger charge is 2.32. The van der Waals surface area contributed by atoms with E-state index in [4.69, 9.17) is 23.2 Å². The van der Waals surface area contributed by atoms with Crippen molar-refractivity contribution in [2.45, 2.75) is 25.8 Å². The molecular weight excluding hydrogens is 387 g/mol. The average Bonchev–Trinajstić information content (AvgIpc) is 3.34. The van der Waals surface area contributed by atoms with Gasteiger partial charge in [-0.25, -0.2) is 0 Å². The second-order valence-electron chi connectivity index (χ2n) is 7.07. The van der Waals surface area contributed by atoms with Gasteiger partial charge in [0.2, 0.25) is 0 Å². The minimum Gasteiger partial charge on any atom is -0.350 e. The number of carbonyl (C=O) groups is 2. The van der Waals surface area contributed by atoms with Gasteiger partial charge < -0.3 is 10.2 Å². The molecule has 0 radical (unpaired) electrons. The van der Waals surface area contributed by atoms with E-state index in [1.165, 1.54) is 12.8 Å². The first-order valence-electron chi connectivity index (χ1n) is 9.10. The van der Waals surface area contributed by atoms with Crippen LogP contribution in [-0.2, 0) is 13.0 Å². The summed E-state index contributed by atoms with van der Waals surface area (Å²) < 4.78 is 1.64. The first-order valence-corrected chi connectivity index (χ1v) is 9.86. The lowest BCUT2D eigenvalue weighted by molar-refractivity contribution is 0.0688. The molecule has 1 fully saturated rings. The Morgan fingerprint density at radius 1 is 1.22 bits per heavy atom. The zero-order valence-electron chi connectivity index (χ0n) is 14.8. The molecule has 8 heteroatoms. The summed E-state index contributed by atoms with van der Waals surface area (Å²) in [6.07, 6.45) is 2.99. The second-order valence-corrected chi connectivity index (χ2v) is 7.92. The molecule has 1 aromatic carbocycles. The summed E-state index contributed by atoms with van der Waals surface area (Å²) in [6.45, 7) is 2.51. The van der Waals surface area contributed by atoms with E-state index in [1.807, 2.05) is 11.0 Å². The smallest absolute Gasteiger partial charge is 0.272 e. The van der Waals surface area contributed by atoms with Crippen LogP contribution in [0, 0.1) is 5.92 Å². The average molecular weight is 407 g/mol. The molecule has 4 rings (SSSR count). The van der Waals surface area contributed by atoms with Crippen molar-refractivity contribution in [1.29, 1.82) is 0 Å². The zero-order chi connectivity index (χ0) is 19.0. The Labute approximate surface area is 167 Å². The number of benzene rings is 1. The van der Waals surface area contributed by atoms with Gasteiger partial charge in [0.25, 0.3) is 11.8 Å². The minimum atomic E-state index is -0.288. The van der Waals surface area contributed by atoms with Crippen LogP contribution in [0.5, 0.6) is 0 Å². The third-order valence-electron chi connectivity index (χ3n) is 4.97. The van der Waals surface area contributed by atoms with Crippen LogP contribution in [0.1, 0.15) is 39.4 Å². The molecule has 2 heterocycles. The van der Waals surface area contributed by atoms with Gasteiger partial charge in [0.05, 0.1) is 6.54 Å². The molecule has 0 saturated heterocycles. The van der Waals surface area contributed by atoms with Crippen molar-refractivity contribution in [1.82, 2.24) is 20.0 Å². The highest BCUT2D eigenvalue weighted by atomic mass is 35.5. The summed E-state index contributed by atoms with van der Waals surface area (Å²) in [4.78, 5) is 26.9. The summed E-state index contributed by atoms with van der Waals surface area (Å²) in [5, 5.41) is 8.29. The number of nitrogens with one attached hydrogen (secondary N) is 1. The normalized spacial score (nSPS) is 16.4. The Morgan fingerprint density at radius 3 is 2.78 bits per heavy atom. The van der Waals surface area contributed by atoms with E-state index >= 15 is 0 Å². The van der Waals surface area contributed by atoms with E-state index < -0.39 is 0 Å². The molecule has 2 amide bonds. The third-order valence-corrected chi connectivity index (χ3v) is 5.56. The summed E-state index contributed by atoms with van der Waals surface area (Å²) in [6, 6.07) is 6.89. The number of amides is 2. The van der Waals surface area contributed by atoms with Crippen LogP contribution in [0.25, 0.3) is 0 Å². The number of fused-ring (bicyclic) bond motifs is 1. The van der Waals surface area contributed by atoms with Gasteiger partial charge >= 0.3 is 0 Å². The fourth-order valence-electron chi connectivity index (χ4n) is 3.26. The van der Waals surface area contributed by atoms with Crippen LogP contribution in [0.4, 0.5) is 0 Å². The van der Waals surface area contributed by atoms with Gasteiger partial charge in [-0.05, 0) is 42.9 Å². The van der Waals surface area contributed by atoms with E-state index in [9.17, 15) is 9.59 Å².